The van der Waals surface area contributed by atoms with Gasteiger partial charge in [0.1, 0.15) is 11.3 Å². The van der Waals surface area contributed by atoms with Crippen molar-refractivity contribution in [1.82, 2.24) is 20.0 Å². The number of hydrogen-bond donors (Lipinski definition) is 0. The summed E-state index contributed by atoms with van der Waals surface area (Å²) in [6, 6.07) is 13.5. The number of nitrogens with zero attached hydrogens (tertiary/aromatic N) is 4. The molecule has 0 N–H and O–H groups in total. The quantitative estimate of drug-likeness (QED) is 0.543. The zero-order valence-electron chi connectivity index (χ0n) is 14.6. The predicted molar refractivity (Wildman–Crippen MR) is 98.7 cm³/mol. The smallest absolute Gasteiger partial charge is 0.289 e. The van der Waals surface area contributed by atoms with Crippen molar-refractivity contribution >= 4 is 16.9 Å². The summed E-state index contributed by atoms with van der Waals surface area (Å²) in [5.74, 6) is 0.525. The molecule has 0 bridgehead atoms. The van der Waals surface area contributed by atoms with E-state index in [1.54, 1.807) is 41.4 Å². The second-order valence-electron chi connectivity index (χ2n) is 6.55. The summed E-state index contributed by atoms with van der Waals surface area (Å²) in [5, 5.41) is 4.40. The largest absolute Gasteiger partial charge is 0.451 e. The van der Waals surface area contributed by atoms with Gasteiger partial charge in [0.25, 0.3) is 5.91 Å². The van der Waals surface area contributed by atoms with Crippen LogP contribution in [0, 0.1) is 0 Å². The maximum atomic E-state index is 12.6. The van der Waals surface area contributed by atoms with E-state index in [-0.39, 0.29) is 23.0 Å². The first kappa shape index (κ1) is 16.4. The van der Waals surface area contributed by atoms with Crippen molar-refractivity contribution in [3.05, 3.63) is 76.6 Å². The standard InChI is InChI=1S/C20H14N4O4/c25-15-9-17(27-16-7-2-1-5-13(15)16)20(26)24-10-12(11-24)19-22-18(23-28-19)14-6-3-4-8-21-14/h1-9,12H,10-11H2. The van der Waals surface area contributed by atoms with Gasteiger partial charge in [-0.1, -0.05) is 23.4 Å². The number of aromatic nitrogens is 3. The van der Waals surface area contributed by atoms with Crippen LogP contribution in [0.1, 0.15) is 22.4 Å². The molecular weight excluding hydrogens is 360 g/mol. The Bertz CT molecular complexity index is 1230. The van der Waals surface area contributed by atoms with Crippen LogP contribution in [0.25, 0.3) is 22.5 Å². The van der Waals surface area contributed by atoms with Gasteiger partial charge in [-0.25, -0.2) is 0 Å². The van der Waals surface area contributed by atoms with Crippen LogP contribution in [0.15, 0.2) is 68.5 Å². The number of carbonyl (C=O) groups excluding carboxylic acids is 1. The second kappa shape index (κ2) is 6.41. The molecule has 0 atom stereocenters. The van der Waals surface area contributed by atoms with Crippen molar-refractivity contribution in [2.75, 3.05) is 13.1 Å². The minimum absolute atomic E-state index is 0.0295. The molecule has 1 saturated heterocycles. The van der Waals surface area contributed by atoms with Gasteiger partial charge >= 0.3 is 0 Å². The van der Waals surface area contributed by atoms with Gasteiger partial charge < -0.3 is 13.8 Å². The number of fused-ring (bicyclic) bond motifs is 1. The van der Waals surface area contributed by atoms with Crippen LogP contribution < -0.4 is 5.43 Å². The van der Waals surface area contributed by atoms with E-state index in [0.717, 1.165) is 0 Å². The Morgan fingerprint density at radius 3 is 2.75 bits per heavy atom. The Hall–Kier alpha value is -3.81. The molecule has 0 radical (unpaired) electrons. The van der Waals surface area contributed by atoms with Crippen molar-refractivity contribution in [3.63, 3.8) is 0 Å². The van der Waals surface area contributed by atoms with Crippen LogP contribution in [0.5, 0.6) is 0 Å². The van der Waals surface area contributed by atoms with Crippen molar-refractivity contribution < 1.29 is 13.7 Å². The molecule has 28 heavy (non-hydrogen) atoms. The predicted octanol–water partition coefficient (Wildman–Crippen LogP) is 2.48. The molecule has 8 nitrogen and oxygen atoms in total. The Balaban J connectivity index is 1.31. The van der Waals surface area contributed by atoms with Crippen LogP contribution in [-0.2, 0) is 0 Å². The van der Waals surface area contributed by atoms with Crippen LogP contribution in [0.2, 0.25) is 0 Å². The zero-order chi connectivity index (χ0) is 19.1. The van der Waals surface area contributed by atoms with E-state index in [2.05, 4.69) is 15.1 Å². The van der Waals surface area contributed by atoms with Gasteiger partial charge in [-0.15, -0.1) is 0 Å². The minimum atomic E-state index is -0.330. The third-order valence-corrected chi connectivity index (χ3v) is 4.70. The molecular formula is C20H14N4O4. The fraction of sp³-hybridized carbons (Fsp3) is 0.150. The first-order valence-corrected chi connectivity index (χ1v) is 8.76. The normalized spacial score (nSPS) is 14.2. The molecule has 4 heterocycles. The average molecular weight is 374 g/mol. The molecule has 1 aliphatic heterocycles. The van der Waals surface area contributed by atoms with E-state index in [4.69, 9.17) is 8.94 Å². The lowest BCUT2D eigenvalue weighted by molar-refractivity contribution is 0.0537. The van der Waals surface area contributed by atoms with Gasteiger partial charge in [-0.2, -0.15) is 4.98 Å². The molecule has 138 valence electrons. The van der Waals surface area contributed by atoms with Crippen LogP contribution in [0.3, 0.4) is 0 Å². The van der Waals surface area contributed by atoms with Gasteiger partial charge in [0.15, 0.2) is 11.2 Å². The maximum absolute atomic E-state index is 12.6. The SMILES string of the molecule is O=C(c1cc(=O)c2ccccc2o1)N1CC(c2nc(-c3ccccn3)no2)C1. The molecule has 0 saturated carbocycles. The first-order chi connectivity index (χ1) is 13.7. The highest BCUT2D eigenvalue weighted by Gasteiger charge is 2.37. The number of likely N-dealkylation sites (tertiary alicyclic amines) is 1. The maximum Gasteiger partial charge on any atom is 0.289 e. The highest BCUT2D eigenvalue weighted by atomic mass is 16.5. The number of hydrogen-bond acceptors (Lipinski definition) is 7. The second-order valence-corrected chi connectivity index (χ2v) is 6.55. The third-order valence-electron chi connectivity index (χ3n) is 4.70. The van der Waals surface area contributed by atoms with E-state index < -0.39 is 0 Å². The summed E-state index contributed by atoms with van der Waals surface area (Å²) in [4.78, 5) is 35.0. The Kier molecular flexibility index (Phi) is 3.75. The van der Waals surface area contributed by atoms with Gasteiger partial charge in [-0.05, 0) is 24.3 Å². The van der Waals surface area contributed by atoms with E-state index in [0.29, 0.717) is 41.5 Å². The summed E-state index contributed by atoms with van der Waals surface area (Å²) in [6.07, 6.45) is 1.66. The molecule has 1 aromatic carbocycles. The minimum Gasteiger partial charge on any atom is -0.451 e. The molecule has 5 rings (SSSR count). The van der Waals surface area contributed by atoms with E-state index in [1.165, 1.54) is 6.07 Å². The Morgan fingerprint density at radius 1 is 1.11 bits per heavy atom. The highest BCUT2D eigenvalue weighted by Crippen LogP contribution is 2.28. The molecule has 1 aliphatic rings. The molecule has 8 heteroatoms. The molecule has 0 unspecified atom stereocenters. The number of amides is 1. The first-order valence-electron chi connectivity index (χ1n) is 8.76. The molecule has 4 aromatic rings. The highest BCUT2D eigenvalue weighted by molar-refractivity contribution is 5.93. The topological polar surface area (TPSA) is 102 Å². The van der Waals surface area contributed by atoms with Crippen LogP contribution in [-0.4, -0.2) is 39.0 Å². The molecule has 1 fully saturated rings. The Labute approximate surface area is 158 Å². The van der Waals surface area contributed by atoms with Gasteiger partial charge in [0, 0.05) is 25.4 Å². The van der Waals surface area contributed by atoms with Crippen LogP contribution in [0.4, 0.5) is 0 Å². The number of benzene rings is 1. The summed E-state index contributed by atoms with van der Waals surface area (Å²) >= 11 is 0. The fourth-order valence-corrected chi connectivity index (χ4v) is 3.17. The van der Waals surface area contributed by atoms with Crippen molar-refractivity contribution in [2.45, 2.75) is 5.92 Å². The van der Waals surface area contributed by atoms with Gasteiger partial charge in [-0.3, -0.25) is 14.6 Å². The lowest BCUT2D eigenvalue weighted by Crippen LogP contribution is -2.48. The monoisotopic (exact) mass is 374 g/mol. The van der Waals surface area contributed by atoms with Gasteiger partial charge in [0.2, 0.25) is 11.7 Å². The van der Waals surface area contributed by atoms with Crippen molar-refractivity contribution in [3.8, 4) is 11.5 Å². The van der Waals surface area contributed by atoms with Gasteiger partial charge in [0.05, 0.1) is 11.3 Å². The summed E-state index contributed by atoms with van der Waals surface area (Å²) in [5.41, 5.74) is 0.786. The lowest BCUT2D eigenvalue weighted by atomic mass is 9.99. The Morgan fingerprint density at radius 2 is 1.93 bits per heavy atom. The number of para-hydroxylation sites is 1. The summed E-state index contributed by atoms with van der Waals surface area (Å²) < 4.78 is 10.9. The summed E-state index contributed by atoms with van der Waals surface area (Å²) in [6.45, 7) is 0.832. The van der Waals surface area contributed by atoms with Crippen molar-refractivity contribution in [1.29, 1.82) is 0 Å². The number of pyridine rings is 1. The zero-order valence-corrected chi connectivity index (χ0v) is 14.6. The third kappa shape index (κ3) is 2.75. The lowest BCUT2D eigenvalue weighted by Gasteiger charge is -2.36. The molecule has 0 spiro atoms. The number of carbonyl (C=O) groups is 1. The summed E-state index contributed by atoms with van der Waals surface area (Å²) in [7, 11) is 0. The van der Waals surface area contributed by atoms with E-state index in [1.807, 2.05) is 12.1 Å². The van der Waals surface area contributed by atoms with E-state index >= 15 is 0 Å². The average Bonchev–Trinajstić information content (AvgIpc) is 3.17. The fourth-order valence-electron chi connectivity index (χ4n) is 3.17. The molecule has 3 aromatic heterocycles. The molecule has 0 aliphatic carbocycles. The van der Waals surface area contributed by atoms with Crippen molar-refractivity contribution in [2.24, 2.45) is 0 Å². The number of rotatable bonds is 3. The van der Waals surface area contributed by atoms with Crippen LogP contribution >= 0.6 is 0 Å². The molecule has 1 amide bonds. The van der Waals surface area contributed by atoms with E-state index in [9.17, 15) is 9.59 Å².